The van der Waals surface area contributed by atoms with Crippen molar-refractivity contribution >= 4 is 34.6 Å². The van der Waals surface area contributed by atoms with Gasteiger partial charge in [-0.05, 0) is 48.2 Å². The minimum absolute atomic E-state index is 0.0109. The fourth-order valence-electron chi connectivity index (χ4n) is 4.00. The number of benzene rings is 3. The summed E-state index contributed by atoms with van der Waals surface area (Å²) in [6.45, 7) is -0.495. The molecule has 168 valence electrons. The lowest BCUT2D eigenvalue weighted by Gasteiger charge is -2.24. The molecule has 3 aromatic rings. The van der Waals surface area contributed by atoms with Gasteiger partial charge in [0.1, 0.15) is 5.69 Å². The van der Waals surface area contributed by atoms with E-state index in [4.69, 9.17) is 4.74 Å². The molecule has 3 aromatic carbocycles. The molecule has 1 aliphatic rings. The minimum Gasteiger partial charge on any atom is -0.452 e. The van der Waals surface area contributed by atoms with Crippen LogP contribution < -0.4 is 9.80 Å². The molecule has 8 heteroatoms. The summed E-state index contributed by atoms with van der Waals surface area (Å²) in [5.74, 6) is -1.20. The summed E-state index contributed by atoms with van der Waals surface area (Å²) in [7, 11) is 3.35. The van der Waals surface area contributed by atoms with E-state index < -0.39 is 23.4 Å². The van der Waals surface area contributed by atoms with Crippen molar-refractivity contribution < 1.29 is 19.2 Å². The summed E-state index contributed by atoms with van der Waals surface area (Å²) in [5, 5.41) is 11.4. The second kappa shape index (κ2) is 9.12. The first-order valence-corrected chi connectivity index (χ1v) is 10.5. The molecule has 0 radical (unpaired) electrons. The maximum atomic E-state index is 13.3. The van der Waals surface area contributed by atoms with Gasteiger partial charge in [-0.2, -0.15) is 0 Å². The molecule has 0 aromatic heterocycles. The summed E-state index contributed by atoms with van der Waals surface area (Å²) in [5.41, 5.74) is 3.74. The highest BCUT2D eigenvalue weighted by Crippen LogP contribution is 2.36. The standard InChI is InChI=1S/C25H23N3O5/c1-26(2)22-14-13-19(15-23(22)28(31)32)25(30)33-16-24(29)27-20-9-5-3-7-17(20)11-12-18-8-4-6-10-21(18)27/h3-10,13-15H,11-12,16H2,1-2H3. The number of hydrogen-bond acceptors (Lipinski definition) is 6. The van der Waals surface area contributed by atoms with Gasteiger partial charge in [-0.15, -0.1) is 0 Å². The molecule has 33 heavy (non-hydrogen) atoms. The first kappa shape index (κ1) is 22.0. The molecule has 0 spiro atoms. The quantitative estimate of drug-likeness (QED) is 0.331. The van der Waals surface area contributed by atoms with Gasteiger partial charge in [0.05, 0.1) is 21.9 Å². The van der Waals surface area contributed by atoms with Crippen LogP contribution in [0.4, 0.5) is 22.7 Å². The van der Waals surface area contributed by atoms with Crippen LogP contribution >= 0.6 is 0 Å². The number of fused-ring (bicyclic) bond motifs is 2. The molecule has 4 rings (SSSR count). The predicted molar refractivity (Wildman–Crippen MR) is 125 cm³/mol. The van der Waals surface area contributed by atoms with Crippen molar-refractivity contribution in [1.29, 1.82) is 0 Å². The molecule has 0 aliphatic carbocycles. The lowest BCUT2D eigenvalue weighted by molar-refractivity contribution is -0.384. The molecule has 1 heterocycles. The number of nitro groups is 1. The highest BCUT2D eigenvalue weighted by Gasteiger charge is 2.27. The zero-order valence-electron chi connectivity index (χ0n) is 18.4. The van der Waals surface area contributed by atoms with Gasteiger partial charge in [0, 0.05) is 20.2 Å². The smallest absolute Gasteiger partial charge is 0.338 e. The number of rotatable bonds is 5. The molecule has 0 fully saturated rings. The Bertz CT molecular complexity index is 1190. The van der Waals surface area contributed by atoms with Crippen molar-refractivity contribution in [2.75, 3.05) is 30.5 Å². The molecular formula is C25H23N3O5. The number of anilines is 3. The number of ether oxygens (including phenoxy) is 1. The number of carbonyl (C=O) groups is 2. The Morgan fingerprint density at radius 2 is 1.55 bits per heavy atom. The minimum atomic E-state index is -0.798. The lowest BCUT2D eigenvalue weighted by Crippen LogP contribution is -2.31. The average Bonchev–Trinajstić information content (AvgIpc) is 2.98. The third-order valence-electron chi connectivity index (χ3n) is 5.59. The zero-order valence-corrected chi connectivity index (χ0v) is 18.4. The van der Waals surface area contributed by atoms with Crippen LogP contribution in [-0.2, 0) is 22.4 Å². The van der Waals surface area contributed by atoms with Crippen molar-refractivity contribution in [1.82, 2.24) is 0 Å². The largest absolute Gasteiger partial charge is 0.452 e. The van der Waals surface area contributed by atoms with E-state index in [1.165, 1.54) is 18.2 Å². The van der Waals surface area contributed by atoms with Gasteiger partial charge in [-0.1, -0.05) is 36.4 Å². The first-order valence-electron chi connectivity index (χ1n) is 10.5. The number of amides is 1. The second-order valence-corrected chi connectivity index (χ2v) is 7.92. The van der Waals surface area contributed by atoms with Crippen molar-refractivity contribution in [2.45, 2.75) is 12.8 Å². The van der Waals surface area contributed by atoms with Crippen molar-refractivity contribution in [3.63, 3.8) is 0 Å². The number of esters is 1. The van der Waals surface area contributed by atoms with Crippen molar-refractivity contribution in [2.24, 2.45) is 0 Å². The van der Waals surface area contributed by atoms with E-state index in [1.807, 2.05) is 48.5 Å². The third-order valence-corrected chi connectivity index (χ3v) is 5.59. The Hall–Kier alpha value is -4.20. The Morgan fingerprint density at radius 3 is 2.09 bits per heavy atom. The molecule has 0 saturated heterocycles. The van der Waals surface area contributed by atoms with E-state index in [0.29, 0.717) is 5.69 Å². The summed E-state index contributed by atoms with van der Waals surface area (Å²) in [4.78, 5) is 39.9. The number of hydrogen-bond donors (Lipinski definition) is 0. The fourth-order valence-corrected chi connectivity index (χ4v) is 4.00. The van der Waals surface area contributed by atoms with Crippen LogP contribution in [0, 0.1) is 10.1 Å². The topological polar surface area (TPSA) is 93.0 Å². The zero-order chi connectivity index (χ0) is 23.5. The van der Waals surface area contributed by atoms with Crippen molar-refractivity contribution in [3.05, 3.63) is 93.5 Å². The number of nitro benzene ring substituents is 1. The summed E-state index contributed by atoms with van der Waals surface area (Å²) >= 11 is 0. The molecule has 0 bridgehead atoms. The Morgan fingerprint density at radius 1 is 0.970 bits per heavy atom. The number of nitrogens with zero attached hydrogens (tertiary/aromatic N) is 3. The van der Waals surface area contributed by atoms with E-state index >= 15 is 0 Å². The normalized spacial score (nSPS) is 12.2. The van der Waals surface area contributed by atoms with Crippen LogP contribution in [0.3, 0.4) is 0 Å². The van der Waals surface area contributed by atoms with Crippen LogP contribution in [-0.4, -0.2) is 37.5 Å². The first-order chi connectivity index (χ1) is 15.9. The molecule has 0 N–H and O–H groups in total. The number of aryl methyl sites for hydroxylation is 2. The molecule has 8 nitrogen and oxygen atoms in total. The molecule has 1 amide bonds. The van der Waals surface area contributed by atoms with Gasteiger partial charge in [0.15, 0.2) is 6.61 Å². The fraction of sp³-hybridized carbons (Fsp3) is 0.200. The Labute approximate surface area is 191 Å². The Balaban J connectivity index is 1.58. The van der Waals surface area contributed by atoms with Crippen LogP contribution in [0.25, 0.3) is 0 Å². The van der Waals surface area contributed by atoms with Crippen LogP contribution in [0.5, 0.6) is 0 Å². The van der Waals surface area contributed by atoms with Gasteiger partial charge in [0.2, 0.25) is 0 Å². The maximum Gasteiger partial charge on any atom is 0.338 e. The summed E-state index contributed by atoms with van der Waals surface area (Å²) in [6, 6.07) is 19.4. The lowest BCUT2D eigenvalue weighted by atomic mass is 10.0. The van der Waals surface area contributed by atoms with Gasteiger partial charge in [-0.25, -0.2) is 4.79 Å². The van der Waals surface area contributed by atoms with Gasteiger partial charge in [0.25, 0.3) is 11.6 Å². The van der Waals surface area contributed by atoms with Crippen LogP contribution in [0.15, 0.2) is 66.7 Å². The second-order valence-electron chi connectivity index (χ2n) is 7.92. The summed E-state index contributed by atoms with van der Waals surface area (Å²) < 4.78 is 5.28. The summed E-state index contributed by atoms with van der Waals surface area (Å²) in [6.07, 6.45) is 1.58. The van der Waals surface area contributed by atoms with Gasteiger partial charge >= 0.3 is 5.97 Å². The number of para-hydroxylation sites is 2. The van der Waals surface area contributed by atoms with E-state index in [0.717, 1.165) is 35.3 Å². The molecule has 0 unspecified atom stereocenters. The van der Waals surface area contributed by atoms with Crippen LogP contribution in [0.2, 0.25) is 0 Å². The predicted octanol–water partition coefficient (Wildman–Crippen LogP) is 4.28. The van der Waals surface area contributed by atoms with E-state index in [1.54, 1.807) is 23.9 Å². The molecule has 0 atom stereocenters. The van der Waals surface area contributed by atoms with Crippen LogP contribution in [0.1, 0.15) is 21.5 Å². The Kier molecular flexibility index (Phi) is 6.08. The SMILES string of the molecule is CN(C)c1ccc(C(=O)OCC(=O)N2c3ccccc3CCc3ccccc32)cc1[N+](=O)[O-]. The van der Waals surface area contributed by atoms with Gasteiger partial charge < -0.3 is 9.64 Å². The van der Waals surface area contributed by atoms with E-state index in [2.05, 4.69) is 0 Å². The molecular weight excluding hydrogens is 422 g/mol. The van der Waals surface area contributed by atoms with E-state index in [9.17, 15) is 19.7 Å². The molecule has 0 saturated carbocycles. The highest BCUT2D eigenvalue weighted by molar-refractivity contribution is 6.04. The van der Waals surface area contributed by atoms with Crippen molar-refractivity contribution in [3.8, 4) is 0 Å². The van der Waals surface area contributed by atoms with Gasteiger partial charge in [-0.3, -0.25) is 19.8 Å². The third kappa shape index (κ3) is 4.41. The highest BCUT2D eigenvalue weighted by atomic mass is 16.6. The molecule has 1 aliphatic heterocycles. The van der Waals surface area contributed by atoms with E-state index in [-0.39, 0.29) is 11.3 Å². The average molecular weight is 445 g/mol. The maximum absolute atomic E-state index is 13.3. The monoisotopic (exact) mass is 445 g/mol. The number of carbonyl (C=O) groups excluding carboxylic acids is 2.